The molecule has 0 spiro atoms. The fraction of sp³-hybridized carbons (Fsp3) is 0.462. The zero-order chi connectivity index (χ0) is 12.8. The molecule has 1 aromatic carbocycles. The summed E-state index contributed by atoms with van der Waals surface area (Å²) in [5.41, 5.74) is 0.605. The van der Waals surface area contributed by atoms with E-state index in [-0.39, 0.29) is 6.10 Å². The number of thioether (sulfide) groups is 1. The summed E-state index contributed by atoms with van der Waals surface area (Å²) in [4.78, 5) is 0.942. The van der Waals surface area contributed by atoms with Crippen LogP contribution in [0.1, 0.15) is 5.56 Å². The van der Waals surface area contributed by atoms with E-state index in [0.717, 1.165) is 18.0 Å². The Labute approximate surface area is 111 Å². The summed E-state index contributed by atoms with van der Waals surface area (Å²) in [5.74, 6) is 0.638. The third kappa shape index (κ3) is 3.16. The van der Waals surface area contributed by atoms with E-state index in [2.05, 4.69) is 11.4 Å². The van der Waals surface area contributed by atoms with Gasteiger partial charge in [0.2, 0.25) is 0 Å². The Bertz CT molecular complexity index is 439. The number of morpholine rings is 1. The topological polar surface area (TPSA) is 54.3 Å². The van der Waals surface area contributed by atoms with Crippen molar-refractivity contribution in [2.75, 3.05) is 32.6 Å². The number of rotatable bonds is 4. The van der Waals surface area contributed by atoms with Gasteiger partial charge in [-0.2, -0.15) is 5.26 Å². The fourth-order valence-electron chi connectivity index (χ4n) is 1.82. The molecule has 1 aliphatic rings. The first-order chi connectivity index (χ1) is 8.85. The molecule has 4 nitrogen and oxygen atoms in total. The van der Waals surface area contributed by atoms with E-state index in [0.29, 0.717) is 24.5 Å². The van der Waals surface area contributed by atoms with Crippen molar-refractivity contribution in [2.24, 2.45) is 0 Å². The Morgan fingerprint density at radius 1 is 1.61 bits per heavy atom. The highest BCUT2D eigenvalue weighted by Gasteiger charge is 2.15. The maximum atomic E-state index is 9.18. The minimum atomic E-state index is 0.0585. The third-order valence-corrected chi connectivity index (χ3v) is 3.53. The predicted molar refractivity (Wildman–Crippen MR) is 71.0 cm³/mol. The number of nitriles is 1. The largest absolute Gasteiger partial charge is 0.489 e. The second kappa shape index (κ2) is 6.64. The number of nitrogens with zero attached hydrogens (tertiary/aromatic N) is 1. The highest BCUT2D eigenvalue weighted by molar-refractivity contribution is 7.98. The van der Waals surface area contributed by atoms with Crippen LogP contribution in [-0.2, 0) is 4.74 Å². The van der Waals surface area contributed by atoms with Crippen LogP contribution in [0, 0.1) is 11.3 Å². The normalized spacial score (nSPS) is 19.2. The molecule has 0 aromatic heterocycles. The van der Waals surface area contributed by atoms with Crippen LogP contribution in [0.25, 0.3) is 0 Å². The first kappa shape index (κ1) is 13.2. The Kier molecular flexibility index (Phi) is 4.88. The lowest BCUT2D eigenvalue weighted by Crippen LogP contribution is -2.41. The van der Waals surface area contributed by atoms with Gasteiger partial charge in [-0.25, -0.2) is 0 Å². The highest BCUT2D eigenvalue weighted by atomic mass is 32.2. The summed E-state index contributed by atoms with van der Waals surface area (Å²) >= 11 is 1.55. The van der Waals surface area contributed by atoms with E-state index >= 15 is 0 Å². The summed E-state index contributed by atoms with van der Waals surface area (Å²) < 4.78 is 11.3. The van der Waals surface area contributed by atoms with Crippen molar-refractivity contribution < 1.29 is 9.47 Å². The lowest BCUT2D eigenvalue weighted by Gasteiger charge is -2.23. The van der Waals surface area contributed by atoms with Crippen molar-refractivity contribution >= 4 is 11.8 Å². The van der Waals surface area contributed by atoms with Crippen LogP contribution in [0.15, 0.2) is 23.1 Å². The molecule has 1 heterocycles. The van der Waals surface area contributed by atoms with Crippen LogP contribution in [-0.4, -0.2) is 38.7 Å². The Hall–Kier alpha value is -1.22. The number of ether oxygens (including phenoxy) is 2. The lowest BCUT2D eigenvalue weighted by molar-refractivity contribution is 0.0000956. The number of nitrogens with one attached hydrogen (secondary N) is 1. The van der Waals surface area contributed by atoms with Gasteiger partial charge in [0, 0.05) is 18.0 Å². The first-order valence-electron chi connectivity index (χ1n) is 5.87. The standard InChI is InChI=1S/C13H16N2O2S/c1-18-13-4-2-3-12(11(13)7-14)17-9-10-8-15-5-6-16-10/h2-4,10,15H,5-6,8-9H2,1H3. The Morgan fingerprint density at radius 2 is 2.50 bits per heavy atom. The second-order valence-corrected chi connectivity index (χ2v) is 4.80. The van der Waals surface area contributed by atoms with E-state index in [1.165, 1.54) is 0 Å². The maximum Gasteiger partial charge on any atom is 0.138 e. The van der Waals surface area contributed by atoms with E-state index < -0.39 is 0 Å². The SMILES string of the molecule is CSc1cccc(OCC2CNCCO2)c1C#N. The summed E-state index contributed by atoms with van der Waals surface area (Å²) in [6, 6.07) is 7.86. The van der Waals surface area contributed by atoms with E-state index in [1.54, 1.807) is 11.8 Å². The van der Waals surface area contributed by atoms with Crippen LogP contribution >= 0.6 is 11.8 Å². The quantitative estimate of drug-likeness (QED) is 0.838. The molecule has 2 rings (SSSR count). The van der Waals surface area contributed by atoms with Gasteiger partial charge in [-0.3, -0.25) is 0 Å². The average molecular weight is 264 g/mol. The van der Waals surface area contributed by atoms with Gasteiger partial charge in [-0.1, -0.05) is 6.07 Å². The van der Waals surface area contributed by atoms with Crippen LogP contribution in [0.2, 0.25) is 0 Å². The third-order valence-electron chi connectivity index (χ3n) is 2.75. The molecule has 18 heavy (non-hydrogen) atoms. The van der Waals surface area contributed by atoms with Crippen molar-refractivity contribution in [2.45, 2.75) is 11.0 Å². The number of hydrogen-bond acceptors (Lipinski definition) is 5. The second-order valence-electron chi connectivity index (χ2n) is 3.95. The molecule has 5 heteroatoms. The van der Waals surface area contributed by atoms with Crippen LogP contribution in [0.4, 0.5) is 0 Å². The van der Waals surface area contributed by atoms with E-state index in [4.69, 9.17) is 9.47 Å². The molecule has 0 aliphatic carbocycles. The zero-order valence-electron chi connectivity index (χ0n) is 10.3. The number of benzene rings is 1. The minimum absolute atomic E-state index is 0.0585. The van der Waals surface area contributed by atoms with Gasteiger partial charge in [0.15, 0.2) is 0 Å². The van der Waals surface area contributed by atoms with E-state index in [1.807, 2.05) is 24.5 Å². The van der Waals surface area contributed by atoms with E-state index in [9.17, 15) is 5.26 Å². The molecule has 0 radical (unpaired) electrons. The summed E-state index contributed by atoms with van der Waals surface area (Å²) in [6.45, 7) is 2.87. The lowest BCUT2D eigenvalue weighted by atomic mass is 10.2. The maximum absolute atomic E-state index is 9.18. The molecule has 1 N–H and O–H groups in total. The van der Waals surface area contributed by atoms with Crippen LogP contribution < -0.4 is 10.1 Å². The van der Waals surface area contributed by atoms with Crippen molar-refractivity contribution in [3.05, 3.63) is 23.8 Å². The van der Waals surface area contributed by atoms with Gasteiger partial charge < -0.3 is 14.8 Å². The molecule has 1 aromatic rings. The molecule has 0 bridgehead atoms. The molecular formula is C13H16N2O2S. The molecule has 0 amide bonds. The van der Waals surface area contributed by atoms with Crippen molar-refractivity contribution in [3.63, 3.8) is 0 Å². The van der Waals surface area contributed by atoms with Gasteiger partial charge >= 0.3 is 0 Å². The van der Waals surface area contributed by atoms with Gasteiger partial charge in [-0.15, -0.1) is 11.8 Å². The molecule has 1 fully saturated rings. The molecule has 1 saturated heterocycles. The van der Waals surface area contributed by atoms with Crippen molar-refractivity contribution in [1.29, 1.82) is 5.26 Å². The van der Waals surface area contributed by atoms with Gasteiger partial charge in [0.25, 0.3) is 0 Å². The number of hydrogen-bond donors (Lipinski definition) is 1. The molecular weight excluding hydrogens is 248 g/mol. The smallest absolute Gasteiger partial charge is 0.138 e. The van der Waals surface area contributed by atoms with Crippen molar-refractivity contribution in [1.82, 2.24) is 5.32 Å². The van der Waals surface area contributed by atoms with Gasteiger partial charge in [-0.05, 0) is 18.4 Å². The molecule has 1 aliphatic heterocycles. The predicted octanol–water partition coefficient (Wildman–Crippen LogP) is 1.65. The molecule has 0 saturated carbocycles. The Morgan fingerprint density at radius 3 is 3.17 bits per heavy atom. The van der Waals surface area contributed by atoms with Crippen molar-refractivity contribution in [3.8, 4) is 11.8 Å². The highest BCUT2D eigenvalue weighted by Crippen LogP contribution is 2.28. The van der Waals surface area contributed by atoms with Gasteiger partial charge in [0.05, 0.1) is 6.61 Å². The summed E-state index contributed by atoms with van der Waals surface area (Å²) in [7, 11) is 0. The van der Waals surface area contributed by atoms with Crippen LogP contribution in [0.5, 0.6) is 5.75 Å². The zero-order valence-corrected chi connectivity index (χ0v) is 11.1. The monoisotopic (exact) mass is 264 g/mol. The van der Waals surface area contributed by atoms with Gasteiger partial charge in [0.1, 0.15) is 30.1 Å². The molecule has 96 valence electrons. The average Bonchev–Trinajstić information content (AvgIpc) is 2.45. The minimum Gasteiger partial charge on any atom is -0.489 e. The molecule has 1 atom stereocenters. The summed E-state index contributed by atoms with van der Waals surface area (Å²) in [5, 5.41) is 12.4. The Balaban J connectivity index is 2.02. The summed E-state index contributed by atoms with van der Waals surface area (Å²) in [6.07, 6.45) is 2.01. The first-order valence-corrected chi connectivity index (χ1v) is 7.10. The molecule has 1 unspecified atom stereocenters. The van der Waals surface area contributed by atoms with Crippen LogP contribution in [0.3, 0.4) is 0 Å². The fourth-order valence-corrected chi connectivity index (χ4v) is 2.39.